The van der Waals surface area contributed by atoms with Crippen molar-refractivity contribution < 1.29 is 4.74 Å². The molecule has 4 aromatic rings. The molecule has 2 aromatic heterocycles. The minimum absolute atomic E-state index is 0.310. The van der Waals surface area contributed by atoms with Crippen molar-refractivity contribution in [1.82, 2.24) is 20.2 Å². The van der Waals surface area contributed by atoms with Gasteiger partial charge in [0.05, 0.1) is 21.8 Å². The average Bonchev–Trinajstić information content (AvgIpc) is 3.25. The molecule has 26 heavy (non-hydrogen) atoms. The van der Waals surface area contributed by atoms with E-state index in [0.29, 0.717) is 28.2 Å². The summed E-state index contributed by atoms with van der Waals surface area (Å²) in [4.78, 5) is 7.86. The third-order valence-electron chi connectivity index (χ3n) is 3.46. The molecular formula is C17H12Cl2N4OS2. The summed E-state index contributed by atoms with van der Waals surface area (Å²) in [5.74, 6) is 2.19. The Bertz CT molecular complexity index is 1020. The van der Waals surface area contributed by atoms with E-state index in [4.69, 9.17) is 27.9 Å². The van der Waals surface area contributed by atoms with Crippen molar-refractivity contribution in [3.8, 4) is 5.75 Å². The fraction of sp³-hybridized carbons (Fsp3) is 0.118. The summed E-state index contributed by atoms with van der Waals surface area (Å²) in [6, 6.07) is 13.1. The zero-order chi connectivity index (χ0) is 17.9. The van der Waals surface area contributed by atoms with Crippen molar-refractivity contribution >= 4 is 57.3 Å². The Labute approximate surface area is 167 Å². The predicted octanol–water partition coefficient (Wildman–Crippen LogP) is 5.59. The molecule has 5 nitrogen and oxygen atoms in total. The minimum atomic E-state index is 0.310. The second-order valence-electron chi connectivity index (χ2n) is 5.31. The molecule has 0 spiro atoms. The standard InChI is InChI=1S/C17H12Cl2N4OS2/c18-10-5-6-14(11(19)7-10)24-8-16-22-23-17(26-16)25-9-15-20-12-3-1-2-4-13(12)21-15/h1-7H,8-9H2,(H,20,21). The van der Waals surface area contributed by atoms with Gasteiger partial charge in [-0.3, -0.25) is 0 Å². The maximum absolute atomic E-state index is 6.10. The first-order valence-electron chi connectivity index (χ1n) is 7.64. The highest BCUT2D eigenvalue weighted by molar-refractivity contribution is 8.00. The van der Waals surface area contributed by atoms with Crippen LogP contribution < -0.4 is 4.74 Å². The zero-order valence-corrected chi connectivity index (χ0v) is 16.4. The van der Waals surface area contributed by atoms with Crippen molar-refractivity contribution in [2.45, 2.75) is 16.7 Å². The van der Waals surface area contributed by atoms with Crippen LogP contribution in [0.5, 0.6) is 5.75 Å². The van der Waals surface area contributed by atoms with Gasteiger partial charge in [-0.15, -0.1) is 10.2 Å². The molecule has 0 aliphatic carbocycles. The lowest BCUT2D eigenvalue weighted by Gasteiger charge is -2.05. The van der Waals surface area contributed by atoms with Gasteiger partial charge in [-0.1, -0.05) is 58.4 Å². The summed E-state index contributed by atoms with van der Waals surface area (Å²) in [5, 5.41) is 10.2. The predicted molar refractivity (Wildman–Crippen MR) is 106 cm³/mol. The number of benzene rings is 2. The molecule has 1 N–H and O–H groups in total. The molecule has 0 saturated heterocycles. The van der Waals surface area contributed by atoms with Crippen molar-refractivity contribution in [2.24, 2.45) is 0 Å². The first kappa shape index (κ1) is 17.6. The first-order chi connectivity index (χ1) is 12.7. The summed E-state index contributed by atoms with van der Waals surface area (Å²) in [5.41, 5.74) is 2.00. The Hall–Kier alpha value is -1.80. The van der Waals surface area contributed by atoms with Gasteiger partial charge in [0.1, 0.15) is 18.2 Å². The summed E-state index contributed by atoms with van der Waals surface area (Å²) < 4.78 is 6.55. The van der Waals surface area contributed by atoms with Gasteiger partial charge in [0, 0.05) is 5.02 Å². The van der Waals surface area contributed by atoms with Gasteiger partial charge in [-0.2, -0.15) is 0 Å². The number of imidazole rings is 1. The lowest BCUT2D eigenvalue weighted by Crippen LogP contribution is -1.95. The number of aromatic amines is 1. The van der Waals surface area contributed by atoms with E-state index >= 15 is 0 Å². The minimum Gasteiger partial charge on any atom is -0.485 e. The molecule has 0 aliphatic heterocycles. The molecule has 2 aromatic carbocycles. The van der Waals surface area contributed by atoms with Crippen molar-refractivity contribution in [2.75, 3.05) is 0 Å². The second kappa shape index (κ2) is 7.84. The number of hydrogen-bond donors (Lipinski definition) is 1. The maximum atomic E-state index is 6.10. The molecule has 0 fully saturated rings. The van der Waals surface area contributed by atoms with E-state index in [0.717, 1.165) is 26.2 Å². The number of para-hydroxylation sites is 2. The molecule has 0 aliphatic rings. The van der Waals surface area contributed by atoms with Gasteiger partial charge in [-0.05, 0) is 30.3 Å². The second-order valence-corrected chi connectivity index (χ2v) is 8.44. The fourth-order valence-corrected chi connectivity index (χ4v) is 4.43. The number of H-pyrrole nitrogens is 1. The zero-order valence-electron chi connectivity index (χ0n) is 13.3. The number of ether oxygens (including phenoxy) is 1. The normalized spacial score (nSPS) is 11.2. The van der Waals surface area contributed by atoms with Gasteiger partial charge in [0.15, 0.2) is 9.35 Å². The van der Waals surface area contributed by atoms with Crippen LogP contribution in [0.2, 0.25) is 10.0 Å². The van der Waals surface area contributed by atoms with Crippen molar-refractivity contribution in [3.05, 3.63) is 63.3 Å². The topological polar surface area (TPSA) is 63.7 Å². The van der Waals surface area contributed by atoms with Gasteiger partial charge in [0.25, 0.3) is 0 Å². The lowest BCUT2D eigenvalue weighted by atomic mass is 10.3. The quantitative estimate of drug-likeness (QED) is 0.410. The number of hydrogen-bond acceptors (Lipinski definition) is 6. The van der Waals surface area contributed by atoms with Crippen LogP contribution in [0.25, 0.3) is 11.0 Å². The third kappa shape index (κ3) is 4.12. The highest BCUT2D eigenvalue weighted by Gasteiger charge is 2.09. The van der Waals surface area contributed by atoms with Gasteiger partial charge < -0.3 is 9.72 Å². The molecule has 132 valence electrons. The highest BCUT2D eigenvalue weighted by atomic mass is 35.5. The summed E-state index contributed by atoms with van der Waals surface area (Å²) in [6.45, 7) is 0.310. The number of nitrogens with zero attached hydrogens (tertiary/aromatic N) is 3. The summed E-state index contributed by atoms with van der Waals surface area (Å²) >= 11 is 15.1. The molecule has 0 atom stereocenters. The Kier molecular flexibility index (Phi) is 5.31. The molecule has 2 heterocycles. The van der Waals surface area contributed by atoms with E-state index in [1.54, 1.807) is 30.0 Å². The van der Waals surface area contributed by atoms with Crippen LogP contribution in [0.4, 0.5) is 0 Å². The SMILES string of the molecule is Clc1ccc(OCc2nnc(SCc3nc4ccccc4[nH]3)s2)c(Cl)c1. The van der Waals surface area contributed by atoms with E-state index < -0.39 is 0 Å². The van der Waals surface area contributed by atoms with Crippen molar-refractivity contribution in [3.63, 3.8) is 0 Å². The monoisotopic (exact) mass is 422 g/mol. The van der Waals surface area contributed by atoms with E-state index in [1.165, 1.54) is 11.3 Å². The number of fused-ring (bicyclic) bond motifs is 1. The van der Waals surface area contributed by atoms with Crippen LogP contribution in [0.1, 0.15) is 10.8 Å². The molecule has 9 heteroatoms. The number of thioether (sulfide) groups is 1. The van der Waals surface area contributed by atoms with Gasteiger partial charge in [0.2, 0.25) is 0 Å². The molecule has 0 saturated carbocycles. The Balaban J connectivity index is 1.35. The molecule has 0 unspecified atom stereocenters. The average molecular weight is 423 g/mol. The largest absolute Gasteiger partial charge is 0.485 e. The van der Waals surface area contributed by atoms with Crippen LogP contribution in [0.15, 0.2) is 46.8 Å². The van der Waals surface area contributed by atoms with Crippen LogP contribution in [-0.4, -0.2) is 20.2 Å². The molecule has 4 rings (SSSR count). The van der Waals surface area contributed by atoms with E-state index in [9.17, 15) is 0 Å². The number of rotatable bonds is 6. The number of nitrogens with one attached hydrogen (secondary N) is 1. The third-order valence-corrected chi connectivity index (χ3v) is 6.04. The maximum Gasteiger partial charge on any atom is 0.174 e. The smallest absolute Gasteiger partial charge is 0.174 e. The van der Waals surface area contributed by atoms with Crippen LogP contribution in [-0.2, 0) is 12.4 Å². The fourth-order valence-electron chi connectivity index (χ4n) is 2.29. The lowest BCUT2D eigenvalue weighted by molar-refractivity contribution is 0.304. The highest BCUT2D eigenvalue weighted by Crippen LogP contribution is 2.30. The van der Waals surface area contributed by atoms with Crippen molar-refractivity contribution in [1.29, 1.82) is 0 Å². The molecule has 0 radical (unpaired) electrons. The number of halogens is 2. The summed E-state index contributed by atoms with van der Waals surface area (Å²) in [7, 11) is 0. The van der Waals surface area contributed by atoms with Gasteiger partial charge in [-0.25, -0.2) is 4.98 Å². The Morgan fingerprint density at radius 1 is 1.12 bits per heavy atom. The Morgan fingerprint density at radius 3 is 2.85 bits per heavy atom. The first-order valence-corrected chi connectivity index (χ1v) is 10.2. The van der Waals surface area contributed by atoms with Crippen LogP contribution >= 0.6 is 46.3 Å². The molecular weight excluding hydrogens is 411 g/mol. The van der Waals surface area contributed by atoms with Gasteiger partial charge >= 0.3 is 0 Å². The van der Waals surface area contributed by atoms with Crippen LogP contribution in [0, 0.1) is 0 Å². The van der Waals surface area contributed by atoms with E-state index in [2.05, 4.69) is 20.2 Å². The Morgan fingerprint density at radius 2 is 2.00 bits per heavy atom. The summed E-state index contributed by atoms with van der Waals surface area (Å²) in [6.07, 6.45) is 0. The van der Waals surface area contributed by atoms with E-state index in [-0.39, 0.29) is 0 Å². The number of aromatic nitrogens is 4. The molecule has 0 bridgehead atoms. The molecule has 0 amide bonds. The van der Waals surface area contributed by atoms with Crippen LogP contribution in [0.3, 0.4) is 0 Å². The van der Waals surface area contributed by atoms with E-state index in [1.807, 2.05) is 24.3 Å².